The number of hydrogen-bond acceptors (Lipinski definition) is 5. The van der Waals surface area contributed by atoms with Crippen molar-refractivity contribution in [1.82, 2.24) is 10.3 Å². The highest BCUT2D eigenvalue weighted by Crippen LogP contribution is 2.54. The minimum Gasteiger partial charge on any atom is -0.351 e. The summed E-state index contributed by atoms with van der Waals surface area (Å²) in [6.07, 6.45) is 6.38. The summed E-state index contributed by atoms with van der Waals surface area (Å²) in [6, 6.07) is 0. The number of thiazole rings is 1. The first kappa shape index (κ1) is 16.8. The van der Waals surface area contributed by atoms with Gasteiger partial charge < -0.3 is 5.32 Å². The molecule has 2 aliphatic rings. The maximum Gasteiger partial charge on any atom is 0.263 e. The number of fused-ring (bicyclic) bond motifs is 1. The topological polar surface area (TPSA) is 76.1 Å². The van der Waals surface area contributed by atoms with Crippen LogP contribution in [-0.2, 0) is 15.6 Å². The lowest BCUT2D eigenvalue weighted by molar-refractivity contribution is -0.121. The van der Waals surface area contributed by atoms with Gasteiger partial charge in [-0.2, -0.15) is 0 Å². The number of nitrogens with one attached hydrogen (secondary N) is 1. The first-order valence-corrected chi connectivity index (χ1v) is 10.4. The molecule has 3 rings (SSSR count). The molecule has 1 N–H and O–H groups in total. The molecule has 7 heteroatoms. The SMILES string of the molecule is CCS(=O)c1ncc(C(=O)NCCCCC2C(=O)CC3CC32)s1. The summed E-state index contributed by atoms with van der Waals surface area (Å²) in [4.78, 5) is 28.3. The first-order valence-electron chi connectivity index (χ1n) is 8.25. The molecular formula is C16H22N2O3S2. The molecule has 2 saturated carbocycles. The van der Waals surface area contributed by atoms with Gasteiger partial charge in [0.1, 0.15) is 10.7 Å². The number of rotatable bonds is 8. The number of unbranched alkanes of at least 4 members (excludes halogenated alkanes) is 1. The lowest BCUT2D eigenvalue weighted by Crippen LogP contribution is -2.23. The van der Waals surface area contributed by atoms with Gasteiger partial charge in [-0.1, -0.05) is 13.3 Å². The van der Waals surface area contributed by atoms with Crippen LogP contribution in [0, 0.1) is 17.8 Å². The van der Waals surface area contributed by atoms with Crippen molar-refractivity contribution in [2.75, 3.05) is 12.3 Å². The molecule has 2 fully saturated rings. The van der Waals surface area contributed by atoms with Crippen molar-refractivity contribution in [1.29, 1.82) is 0 Å². The predicted molar refractivity (Wildman–Crippen MR) is 90.0 cm³/mol. The lowest BCUT2D eigenvalue weighted by atomic mass is 9.95. The van der Waals surface area contributed by atoms with Gasteiger partial charge in [0.05, 0.1) is 17.0 Å². The Balaban J connectivity index is 1.35. The van der Waals surface area contributed by atoms with Gasteiger partial charge in [0, 0.05) is 24.6 Å². The van der Waals surface area contributed by atoms with E-state index in [2.05, 4.69) is 10.3 Å². The van der Waals surface area contributed by atoms with Crippen LogP contribution in [0.15, 0.2) is 10.5 Å². The average Bonchev–Trinajstić information content (AvgIpc) is 2.98. The van der Waals surface area contributed by atoms with Crippen LogP contribution in [0.3, 0.4) is 0 Å². The third-order valence-electron chi connectivity index (χ3n) is 4.76. The van der Waals surface area contributed by atoms with Crippen LogP contribution in [0.4, 0.5) is 0 Å². The molecule has 4 unspecified atom stereocenters. The van der Waals surface area contributed by atoms with Crippen LogP contribution in [0.5, 0.6) is 0 Å². The number of hydrogen-bond donors (Lipinski definition) is 1. The predicted octanol–water partition coefficient (Wildman–Crippen LogP) is 2.40. The molecule has 0 spiro atoms. The molecule has 0 bridgehead atoms. The molecule has 126 valence electrons. The van der Waals surface area contributed by atoms with Gasteiger partial charge in [0.15, 0.2) is 4.34 Å². The molecule has 1 heterocycles. The molecule has 2 aliphatic carbocycles. The van der Waals surface area contributed by atoms with Crippen molar-refractivity contribution < 1.29 is 13.8 Å². The standard InChI is InChI=1S/C16H22N2O3S2/c1-2-23(21)16-18-9-14(22-16)15(20)17-6-4-3-5-11-12-7-10(12)8-13(11)19/h9-12H,2-8H2,1H3,(H,17,20). The van der Waals surface area contributed by atoms with E-state index in [9.17, 15) is 13.8 Å². The molecule has 1 aromatic rings. The quantitative estimate of drug-likeness (QED) is 0.727. The summed E-state index contributed by atoms with van der Waals surface area (Å²) in [5, 5.41) is 2.88. The van der Waals surface area contributed by atoms with E-state index in [-0.39, 0.29) is 5.91 Å². The van der Waals surface area contributed by atoms with E-state index in [1.165, 1.54) is 24.0 Å². The fraction of sp³-hybridized carbons (Fsp3) is 0.688. The summed E-state index contributed by atoms with van der Waals surface area (Å²) >= 11 is 1.20. The fourth-order valence-corrected chi connectivity index (χ4v) is 5.37. The summed E-state index contributed by atoms with van der Waals surface area (Å²) in [5.41, 5.74) is 0. The normalized spacial score (nSPS) is 26.8. The highest BCUT2D eigenvalue weighted by Gasteiger charge is 2.52. The van der Waals surface area contributed by atoms with E-state index in [4.69, 9.17) is 0 Å². The minimum absolute atomic E-state index is 0.152. The van der Waals surface area contributed by atoms with Crippen molar-refractivity contribution in [3.63, 3.8) is 0 Å². The zero-order valence-corrected chi connectivity index (χ0v) is 14.9. The molecule has 5 nitrogen and oxygen atoms in total. The zero-order valence-electron chi connectivity index (χ0n) is 13.2. The van der Waals surface area contributed by atoms with E-state index in [1.807, 2.05) is 6.92 Å². The number of carbonyl (C=O) groups is 2. The summed E-state index contributed by atoms with van der Waals surface area (Å²) in [5.74, 6) is 2.48. The summed E-state index contributed by atoms with van der Waals surface area (Å²) in [7, 11) is -1.10. The Labute approximate surface area is 142 Å². The van der Waals surface area contributed by atoms with Crippen molar-refractivity contribution in [3.8, 4) is 0 Å². The Kier molecular flexibility index (Phi) is 5.26. The van der Waals surface area contributed by atoms with Gasteiger partial charge >= 0.3 is 0 Å². The van der Waals surface area contributed by atoms with Crippen LogP contribution in [-0.4, -0.2) is 33.2 Å². The Morgan fingerprint density at radius 3 is 3.00 bits per heavy atom. The largest absolute Gasteiger partial charge is 0.351 e. The van der Waals surface area contributed by atoms with E-state index in [1.54, 1.807) is 0 Å². The van der Waals surface area contributed by atoms with Crippen molar-refractivity contribution >= 4 is 33.8 Å². The third kappa shape index (κ3) is 3.88. The van der Waals surface area contributed by atoms with Crippen LogP contribution in [0.25, 0.3) is 0 Å². The minimum atomic E-state index is -1.10. The highest BCUT2D eigenvalue weighted by molar-refractivity contribution is 7.87. The van der Waals surface area contributed by atoms with Crippen LogP contribution >= 0.6 is 11.3 Å². The molecule has 23 heavy (non-hydrogen) atoms. The number of Topliss-reactive ketones (excluding diaryl/α,β-unsaturated/α-hetero) is 1. The molecule has 0 radical (unpaired) electrons. The van der Waals surface area contributed by atoms with E-state index in [0.29, 0.717) is 45.1 Å². The van der Waals surface area contributed by atoms with Crippen LogP contribution in [0.2, 0.25) is 0 Å². The molecule has 0 aliphatic heterocycles. The molecule has 4 atom stereocenters. The van der Waals surface area contributed by atoms with E-state index < -0.39 is 10.8 Å². The molecule has 1 aromatic heterocycles. The molecule has 1 amide bonds. The lowest BCUT2D eigenvalue weighted by Gasteiger charge is -2.10. The molecule has 0 saturated heterocycles. The van der Waals surface area contributed by atoms with Crippen LogP contribution < -0.4 is 5.32 Å². The van der Waals surface area contributed by atoms with E-state index >= 15 is 0 Å². The second-order valence-electron chi connectivity index (χ2n) is 6.31. The number of aromatic nitrogens is 1. The average molecular weight is 354 g/mol. The number of carbonyl (C=O) groups excluding carboxylic acids is 2. The Bertz CT molecular complexity index is 629. The Morgan fingerprint density at radius 2 is 2.30 bits per heavy atom. The van der Waals surface area contributed by atoms with Gasteiger partial charge in [-0.25, -0.2) is 4.98 Å². The van der Waals surface area contributed by atoms with Gasteiger partial charge in [-0.3, -0.25) is 13.8 Å². The van der Waals surface area contributed by atoms with Crippen molar-refractivity contribution in [3.05, 3.63) is 11.1 Å². The monoisotopic (exact) mass is 354 g/mol. The third-order valence-corrected chi connectivity index (χ3v) is 7.38. The smallest absolute Gasteiger partial charge is 0.263 e. The first-order chi connectivity index (χ1) is 11.1. The van der Waals surface area contributed by atoms with Gasteiger partial charge in [-0.15, -0.1) is 11.3 Å². The second kappa shape index (κ2) is 7.21. The Morgan fingerprint density at radius 1 is 1.48 bits per heavy atom. The second-order valence-corrected chi connectivity index (χ2v) is 9.26. The zero-order chi connectivity index (χ0) is 16.4. The maximum atomic E-state index is 12.0. The number of ketones is 1. The summed E-state index contributed by atoms with van der Waals surface area (Å²) < 4.78 is 12.1. The molecular weight excluding hydrogens is 332 g/mol. The number of nitrogens with zero attached hydrogens (tertiary/aromatic N) is 1. The van der Waals surface area contributed by atoms with Crippen LogP contribution in [0.1, 0.15) is 48.7 Å². The van der Waals surface area contributed by atoms with Crippen molar-refractivity contribution in [2.45, 2.75) is 43.4 Å². The highest BCUT2D eigenvalue weighted by atomic mass is 32.2. The van der Waals surface area contributed by atoms with Gasteiger partial charge in [0.2, 0.25) is 0 Å². The summed E-state index contributed by atoms with van der Waals surface area (Å²) in [6.45, 7) is 2.44. The van der Waals surface area contributed by atoms with Gasteiger partial charge in [0.25, 0.3) is 5.91 Å². The fourth-order valence-electron chi connectivity index (χ4n) is 3.39. The molecule has 0 aromatic carbocycles. The van der Waals surface area contributed by atoms with E-state index in [0.717, 1.165) is 25.7 Å². The van der Waals surface area contributed by atoms with Gasteiger partial charge in [-0.05, 0) is 31.1 Å². The maximum absolute atomic E-state index is 12.0. The van der Waals surface area contributed by atoms with Crippen molar-refractivity contribution in [2.24, 2.45) is 17.8 Å². The number of amides is 1. The Hall–Kier alpha value is -1.08.